The zero-order valence-electron chi connectivity index (χ0n) is 21.5. The summed E-state index contributed by atoms with van der Waals surface area (Å²) in [6, 6.07) is 4.08. The quantitative estimate of drug-likeness (QED) is 0.278. The van der Waals surface area contributed by atoms with Crippen molar-refractivity contribution in [2.24, 2.45) is 11.7 Å². The van der Waals surface area contributed by atoms with Crippen molar-refractivity contribution in [3.05, 3.63) is 36.0 Å². The average Bonchev–Trinajstić information content (AvgIpc) is 3.53. The van der Waals surface area contributed by atoms with Gasteiger partial charge in [0.2, 0.25) is 17.7 Å². The van der Waals surface area contributed by atoms with Crippen molar-refractivity contribution in [1.82, 2.24) is 20.5 Å². The minimum atomic E-state index is -1.05. The lowest BCUT2D eigenvalue weighted by atomic mass is 10.0. The Morgan fingerprint density at radius 3 is 2.54 bits per heavy atom. The van der Waals surface area contributed by atoms with Crippen molar-refractivity contribution < 1.29 is 24.3 Å². The van der Waals surface area contributed by atoms with Crippen molar-refractivity contribution in [3.8, 4) is 0 Å². The Balaban J connectivity index is 1.84. The lowest BCUT2D eigenvalue weighted by Gasteiger charge is -2.29. The van der Waals surface area contributed by atoms with Crippen LogP contribution in [0, 0.1) is 5.92 Å². The SMILES string of the molecule is CSCC[C@H](NC(=O)[C@H](Cc1c[nH]c2ccccc12)NC(=O)[C@@H](N)C(C)C)C(=O)N1CCC[C@H]1C(=O)O. The first kappa shape index (κ1) is 28.5. The third kappa shape index (κ3) is 7.04. The molecule has 11 heteroatoms. The number of nitrogens with zero attached hydrogens (tertiary/aromatic N) is 1. The van der Waals surface area contributed by atoms with Crippen LogP contribution in [0.15, 0.2) is 30.5 Å². The molecule has 4 atom stereocenters. The fourth-order valence-corrected chi connectivity index (χ4v) is 5.02. The van der Waals surface area contributed by atoms with Crippen molar-refractivity contribution in [1.29, 1.82) is 0 Å². The van der Waals surface area contributed by atoms with Crippen LogP contribution in [0.5, 0.6) is 0 Å². The number of hydrogen-bond donors (Lipinski definition) is 5. The van der Waals surface area contributed by atoms with E-state index in [0.717, 1.165) is 16.5 Å². The highest BCUT2D eigenvalue weighted by molar-refractivity contribution is 7.98. The lowest BCUT2D eigenvalue weighted by Crippen LogP contribution is -2.58. The smallest absolute Gasteiger partial charge is 0.326 e. The van der Waals surface area contributed by atoms with Crippen LogP contribution in [0.2, 0.25) is 0 Å². The number of aliphatic carboxylic acids is 1. The van der Waals surface area contributed by atoms with Crippen LogP contribution in [0.4, 0.5) is 0 Å². The van der Waals surface area contributed by atoms with E-state index in [9.17, 15) is 24.3 Å². The second-order valence-electron chi connectivity index (χ2n) is 9.77. The largest absolute Gasteiger partial charge is 0.480 e. The zero-order valence-corrected chi connectivity index (χ0v) is 22.3. The van der Waals surface area contributed by atoms with Crippen LogP contribution in [0.3, 0.4) is 0 Å². The van der Waals surface area contributed by atoms with Gasteiger partial charge in [0.15, 0.2) is 0 Å². The summed E-state index contributed by atoms with van der Waals surface area (Å²) < 4.78 is 0. The van der Waals surface area contributed by atoms with Gasteiger partial charge >= 0.3 is 5.97 Å². The Kier molecular flexibility index (Phi) is 9.99. The summed E-state index contributed by atoms with van der Waals surface area (Å²) in [6.45, 7) is 3.98. The van der Waals surface area contributed by atoms with Gasteiger partial charge in [-0.1, -0.05) is 32.0 Å². The van der Waals surface area contributed by atoms with Gasteiger partial charge in [-0.2, -0.15) is 11.8 Å². The normalized spacial score (nSPS) is 18.0. The number of hydrogen-bond acceptors (Lipinski definition) is 6. The van der Waals surface area contributed by atoms with Gasteiger partial charge < -0.3 is 31.4 Å². The van der Waals surface area contributed by atoms with Crippen LogP contribution in [-0.4, -0.2) is 81.4 Å². The van der Waals surface area contributed by atoms with Crippen LogP contribution in [-0.2, 0) is 25.6 Å². The highest BCUT2D eigenvalue weighted by atomic mass is 32.2. The monoisotopic (exact) mass is 531 g/mol. The van der Waals surface area contributed by atoms with Gasteiger partial charge in [0.25, 0.3) is 0 Å². The number of carbonyl (C=O) groups is 4. The Morgan fingerprint density at radius 1 is 1.16 bits per heavy atom. The predicted octanol–water partition coefficient (Wildman–Crippen LogP) is 1.49. The Hall–Kier alpha value is -3.05. The fourth-order valence-electron chi connectivity index (χ4n) is 4.55. The molecular weight excluding hydrogens is 494 g/mol. The Bertz CT molecular complexity index is 1120. The molecule has 2 heterocycles. The van der Waals surface area contributed by atoms with E-state index >= 15 is 0 Å². The predicted molar refractivity (Wildman–Crippen MR) is 144 cm³/mol. The van der Waals surface area contributed by atoms with Crippen molar-refractivity contribution in [2.45, 2.75) is 63.7 Å². The number of nitrogens with one attached hydrogen (secondary N) is 3. The van der Waals surface area contributed by atoms with E-state index in [1.165, 1.54) is 16.7 Å². The first-order valence-electron chi connectivity index (χ1n) is 12.6. The molecule has 1 aromatic carbocycles. The van der Waals surface area contributed by atoms with Crippen LogP contribution < -0.4 is 16.4 Å². The number of fused-ring (bicyclic) bond motifs is 1. The molecule has 1 fully saturated rings. The molecule has 1 aliphatic rings. The number of amides is 3. The number of para-hydroxylation sites is 1. The lowest BCUT2D eigenvalue weighted by molar-refractivity contribution is -0.149. The van der Waals surface area contributed by atoms with Gasteiger partial charge in [-0.05, 0) is 48.8 Å². The van der Waals surface area contributed by atoms with Gasteiger partial charge in [0.05, 0.1) is 6.04 Å². The number of aromatic nitrogens is 1. The number of carboxylic acids is 1. The Labute approximate surface area is 221 Å². The molecule has 1 saturated heterocycles. The molecular formula is C26H37N5O5S. The molecule has 1 aromatic heterocycles. The molecule has 3 amide bonds. The van der Waals surface area contributed by atoms with Crippen molar-refractivity contribution in [2.75, 3.05) is 18.6 Å². The van der Waals surface area contributed by atoms with E-state index in [0.29, 0.717) is 31.6 Å². The molecule has 202 valence electrons. The molecule has 0 aliphatic carbocycles. The van der Waals surface area contributed by atoms with E-state index < -0.39 is 47.9 Å². The molecule has 0 spiro atoms. The number of aromatic amines is 1. The summed E-state index contributed by atoms with van der Waals surface area (Å²) in [5.41, 5.74) is 7.79. The molecule has 6 N–H and O–H groups in total. The number of carbonyl (C=O) groups excluding carboxylic acids is 3. The molecule has 10 nitrogen and oxygen atoms in total. The van der Waals surface area contributed by atoms with E-state index in [1.807, 2.05) is 44.4 Å². The summed E-state index contributed by atoms with van der Waals surface area (Å²) in [5.74, 6) is -1.96. The standard InChI is InChI=1S/C26H37N5O5S/c1-15(2)22(27)24(33)30-20(13-16-14-28-18-8-5-4-7-17(16)18)23(32)29-19(10-12-37-3)25(34)31-11-6-9-21(31)26(35)36/h4-5,7-8,14-15,19-22,28H,6,9-13,27H2,1-3H3,(H,29,32)(H,30,33)(H,35,36)/t19-,20-,21-,22-/m0/s1. The molecule has 37 heavy (non-hydrogen) atoms. The zero-order chi connectivity index (χ0) is 27.1. The second-order valence-corrected chi connectivity index (χ2v) is 10.8. The molecule has 0 saturated carbocycles. The topological polar surface area (TPSA) is 158 Å². The first-order chi connectivity index (χ1) is 17.6. The maximum absolute atomic E-state index is 13.6. The second kappa shape index (κ2) is 13.0. The maximum Gasteiger partial charge on any atom is 0.326 e. The highest BCUT2D eigenvalue weighted by Crippen LogP contribution is 2.21. The van der Waals surface area contributed by atoms with Gasteiger partial charge in [-0.3, -0.25) is 14.4 Å². The van der Waals surface area contributed by atoms with Crippen LogP contribution in [0.25, 0.3) is 10.9 Å². The Morgan fingerprint density at radius 2 is 1.86 bits per heavy atom. The minimum Gasteiger partial charge on any atom is -0.480 e. The van der Waals surface area contributed by atoms with Crippen molar-refractivity contribution >= 4 is 46.4 Å². The van der Waals surface area contributed by atoms with E-state index in [1.54, 1.807) is 6.20 Å². The summed E-state index contributed by atoms with van der Waals surface area (Å²) in [7, 11) is 0. The summed E-state index contributed by atoms with van der Waals surface area (Å²) in [4.78, 5) is 56.0. The highest BCUT2D eigenvalue weighted by Gasteiger charge is 2.38. The number of nitrogens with two attached hydrogens (primary N) is 1. The number of benzene rings is 1. The molecule has 1 aliphatic heterocycles. The first-order valence-corrected chi connectivity index (χ1v) is 14.0. The number of carboxylic acid groups (broad SMARTS) is 1. The molecule has 2 aromatic rings. The summed E-state index contributed by atoms with van der Waals surface area (Å²) in [6.07, 6.45) is 5.21. The molecule has 3 rings (SSSR count). The molecule has 0 radical (unpaired) electrons. The number of thioether (sulfide) groups is 1. The summed E-state index contributed by atoms with van der Waals surface area (Å²) >= 11 is 1.53. The van der Waals surface area contributed by atoms with Crippen LogP contribution >= 0.6 is 11.8 Å². The number of rotatable bonds is 12. The van der Waals surface area contributed by atoms with E-state index in [4.69, 9.17) is 5.73 Å². The third-order valence-electron chi connectivity index (χ3n) is 6.80. The third-order valence-corrected chi connectivity index (χ3v) is 7.44. The van der Waals surface area contributed by atoms with Gasteiger partial charge in [-0.15, -0.1) is 0 Å². The van der Waals surface area contributed by atoms with Gasteiger partial charge in [0, 0.05) is 30.1 Å². The fraction of sp³-hybridized carbons (Fsp3) is 0.538. The molecule has 0 unspecified atom stereocenters. The number of likely N-dealkylation sites (tertiary alicyclic amines) is 1. The van der Waals surface area contributed by atoms with E-state index in [-0.39, 0.29) is 12.3 Å². The van der Waals surface area contributed by atoms with Crippen molar-refractivity contribution in [3.63, 3.8) is 0 Å². The number of H-pyrrole nitrogens is 1. The van der Waals surface area contributed by atoms with Gasteiger partial charge in [-0.25, -0.2) is 4.79 Å². The van der Waals surface area contributed by atoms with E-state index in [2.05, 4.69) is 15.6 Å². The summed E-state index contributed by atoms with van der Waals surface area (Å²) in [5, 5.41) is 16.1. The van der Waals surface area contributed by atoms with Gasteiger partial charge in [0.1, 0.15) is 18.1 Å². The van der Waals surface area contributed by atoms with Crippen LogP contribution in [0.1, 0.15) is 38.7 Å². The average molecular weight is 532 g/mol. The maximum atomic E-state index is 13.6. The molecule has 0 bridgehead atoms. The minimum absolute atomic E-state index is 0.129.